The van der Waals surface area contributed by atoms with E-state index in [1.807, 2.05) is 37.3 Å². The minimum Gasteiger partial charge on any atom is -0.493 e. The molecule has 0 radical (unpaired) electrons. The molecular weight excluding hydrogens is 488 g/mol. The van der Waals surface area contributed by atoms with Gasteiger partial charge in [-0.2, -0.15) is 8.42 Å². The third kappa shape index (κ3) is 6.46. The zero-order valence-corrected chi connectivity index (χ0v) is 22.1. The molecule has 1 unspecified atom stereocenters. The molecule has 0 spiro atoms. The van der Waals surface area contributed by atoms with E-state index in [1.165, 1.54) is 17.8 Å². The monoisotopic (exact) mass is 520 g/mol. The first-order valence-corrected chi connectivity index (χ1v) is 13.8. The van der Waals surface area contributed by atoms with Crippen LogP contribution in [0, 0.1) is 6.92 Å². The summed E-state index contributed by atoms with van der Waals surface area (Å²) < 4.78 is 35.5. The number of benzene rings is 3. The SMILES string of the molecule is CCN(CC)c1ccc(-c2ccc3c(OCCC(O)OS(=O)(=O)c4ccc(C)cc4)cccc3n2)cc1. The Bertz CT molecular complexity index is 1430. The van der Waals surface area contributed by atoms with Gasteiger partial charge in [-0.15, -0.1) is 0 Å². The van der Waals surface area contributed by atoms with Crippen LogP contribution < -0.4 is 9.64 Å². The van der Waals surface area contributed by atoms with Crippen LogP contribution in [0.4, 0.5) is 5.69 Å². The van der Waals surface area contributed by atoms with Crippen molar-refractivity contribution in [3.05, 3.63) is 84.4 Å². The fraction of sp³-hybridized carbons (Fsp3) is 0.276. The molecule has 0 fully saturated rings. The summed E-state index contributed by atoms with van der Waals surface area (Å²) in [6.07, 6.45) is -1.54. The Morgan fingerprint density at radius 1 is 0.919 bits per heavy atom. The van der Waals surface area contributed by atoms with Crippen molar-refractivity contribution in [3.63, 3.8) is 0 Å². The van der Waals surface area contributed by atoms with Crippen LogP contribution in [-0.2, 0) is 14.3 Å². The summed E-state index contributed by atoms with van der Waals surface area (Å²) in [5.74, 6) is 0.599. The van der Waals surface area contributed by atoms with Crippen LogP contribution >= 0.6 is 0 Å². The third-order valence-corrected chi connectivity index (χ3v) is 7.48. The number of fused-ring (bicyclic) bond motifs is 1. The van der Waals surface area contributed by atoms with E-state index in [2.05, 4.69) is 43.0 Å². The minimum atomic E-state index is -4.07. The molecule has 0 aliphatic heterocycles. The van der Waals surface area contributed by atoms with Crippen LogP contribution in [-0.4, -0.2) is 44.5 Å². The molecule has 8 heteroatoms. The number of ether oxygens (including phenoxy) is 1. The Balaban J connectivity index is 1.40. The van der Waals surface area contributed by atoms with E-state index in [1.54, 1.807) is 12.1 Å². The molecule has 1 atom stereocenters. The van der Waals surface area contributed by atoms with Crippen molar-refractivity contribution in [2.45, 2.75) is 38.4 Å². The first-order valence-electron chi connectivity index (χ1n) is 12.4. The van der Waals surface area contributed by atoms with Crippen molar-refractivity contribution in [1.82, 2.24) is 4.98 Å². The number of aliphatic hydroxyl groups is 1. The number of aryl methyl sites for hydroxylation is 1. The number of hydrogen-bond acceptors (Lipinski definition) is 7. The Hall–Kier alpha value is -3.46. The summed E-state index contributed by atoms with van der Waals surface area (Å²) in [5.41, 5.74) is 4.78. The van der Waals surface area contributed by atoms with Gasteiger partial charge in [0.15, 0.2) is 6.29 Å². The number of nitrogens with zero attached hydrogens (tertiary/aromatic N) is 2. The second-order valence-corrected chi connectivity index (χ2v) is 10.3. The van der Waals surface area contributed by atoms with Crippen molar-refractivity contribution in [2.24, 2.45) is 0 Å². The van der Waals surface area contributed by atoms with Crippen molar-refractivity contribution >= 4 is 26.7 Å². The molecule has 37 heavy (non-hydrogen) atoms. The summed E-state index contributed by atoms with van der Waals surface area (Å²) in [4.78, 5) is 7.10. The Morgan fingerprint density at radius 3 is 2.30 bits per heavy atom. The third-order valence-electron chi connectivity index (χ3n) is 6.15. The lowest BCUT2D eigenvalue weighted by Crippen LogP contribution is -2.21. The molecule has 0 aliphatic carbocycles. The lowest BCUT2D eigenvalue weighted by molar-refractivity contribution is -0.0255. The maximum absolute atomic E-state index is 12.4. The van der Waals surface area contributed by atoms with E-state index in [-0.39, 0.29) is 17.9 Å². The molecule has 4 rings (SSSR count). The lowest BCUT2D eigenvalue weighted by atomic mass is 10.1. The van der Waals surface area contributed by atoms with Crippen LogP contribution in [0.15, 0.2) is 83.8 Å². The molecule has 3 aromatic carbocycles. The topological polar surface area (TPSA) is 89.0 Å². The number of hydrogen-bond donors (Lipinski definition) is 1. The van der Waals surface area contributed by atoms with Crippen LogP contribution in [0.3, 0.4) is 0 Å². The van der Waals surface area contributed by atoms with E-state index < -0.39 is 16.4 Å². The van der Waals surface area contributed by atoms with Gasteiger partial charge < -0.3 is 14.7 Å². The summed E-state index contributed by atoms with van der Waals surface area (Å²) in [7, 11) is -4.07. The number of aromatic nitrogens is 1. The zero-order chi connectivity index (χ0) is 26.4. The van der Waals surface area contributed by atoms with Gasteiger partial charge in [0.05, 0.1) is 22.7 Å². The van der Waals surface area contributed by atoms with E-state index in [9.17, 15) is 13.5 Å². The number of pyridine rings is 1. The first kappa shape index (κ1) is 26.6. The Morgan fingerprint density at radius 2 is 1.62 bits per heavy atom. The predicted octanol–water partition coefficient (Wildman–Crippen LogP) is 5.55. The van der Waals surface area contributed by atoms with Gasteiger partial charge in [0, 0.05) is 36.1 Å². The fourth-order valence-electron chi connectivity index (χ4n) is 4.07. The molecular formula is C29H32N2O5S. The quantitative estimate of drug-likeness (QED) is 0.205. The second kappa shape index (κ2) is 11.7. The molecule has 0 saturated carbocycles. The van der Waals surface area contributed by atoms with Gasteiger partial charge in [0.25, 0.3) is 10.1 Å². The number of anilines is 1. The number of aliphatic hydroxyl groups excluding tert-OH is 1. The lowest BCUT2D eigenvalue weighted by Gasteiger charge is -2.21. The standard InChI is InChI=1S/C29H32N2O5S/c1-4-31(5-2)23-13-11-22(12-14-23)26-18-17-25-27(30-26)7-6-8-28(25)35-20-19-29(32)36-37(33,34)24-15-9-21(3)10-16-24/h6-18,29,32H,4-5,19-20H2,1-3H3. The molecule has 0 aliphatic rings. The normalized spacial score (nSPS) is 12.4. The molecule has 0 amide bonds. The first-order chi connectivity index (χ1) is 17.8. The second-order valence-electron chi connectivity index (χ2n) is 8.69. The highest BCUT2D eigenvalue weighted by molar-refractivity contribution is 7.86. The van der Waals surface area contributed by atoms with Crippen molar-refractivity contribution < 1.29 is 22.4 Å². The molecule has 4 aromatic rings. The molecule has 1 aromatic heterocycles. The molecule has 0 bridgehead atoms. The summed E-state index contributed by atoms with van der Waals surface area (Å²) in [6.45, 7) is 8.12. The van der Waals surface area contributed by atoms with Gasteiger partial charge in [-0.1, -0.05) is 35.9 Å². The summed E-state index contributed by atoms with van der Waals surface area (Å²) in [5, 5.41) is 11.0. The van der Waals surface area contributed by atoms with Gasteiger partial charge >= 0.3 is 0 Å². The Labute approximate surface area is 218 Å². The predicted molar refractivity (Wildman–Crippen MR) is 146 cm³/mol. The zero-order valence-electron chi connectivity index (χ0n) is 21.3. The van der Waals surface area contributed by atoms with Crippen LogP contribution in [0.2, 0.25) is 0 Å². The van der Waals surface area contributed by atoms with Crippen molar-refractivity contribution in [2.75, 3.05) is 24.6 Å². The van der Waals surface area contributed by atoms with Crippen molar-refractivity contribution in [1.29, 1.82) is 0 Å². The average molecular weight is 521 g/mol. The van der Waals surface area contributed by atoms with Crippen LogP contribution in [0.1, 0.15) is 25.8 Å². The van der Waals surface area contributed by atoms with Gasteiger partial charge in [-0.05, 0) is 69.3 Å². The molecule has 194 valence electrons. The van der Waals surface area contributed by atoms with Gasteiger partial charge in [-0.25, -0.2) is 9.17 Å². The van der Waals surface area contributed by atoms with Gasteiger partial charge in [0.1, 0.15) is 5.75 Å². The molecule has 1 heterocycles. The maximum atomic E-state index is 12.4. The van der Waals surface area contributed by atoms with Gasteiger partial charge in [-0.3, -0.25) is 0 Å². The average Bonchev–Trinajstić information content (AvgIpc) is 2.89. The van der Waals surface area contributed by atoms with Crippen LogP contribution in [0.25, 0.3) is 22.2 Å². The van der Waals surface area contributed by atoms with E-state index in [4.69, 9.17) is 13.9 Å². The highest BCUT2D eigenvalue weighted by atomic mass is 32.2. The van der Waals surface area contributed by atoms with E-state index >= 15 is 0 Å². The van der Waals surface area contributed by atoms with Gasteiger partial charge in [0.2, 0.25) is 0 Å². The largest absolute Gasteiger partial charge is 0.493 e. The molecule has 0 saturated heterocycles. The summed E-state index contributed by atoms with van der Waals surface area (Å²) in [6, 6.07) is 24.1. The minimum absolute atomic E-state index is 0.00306. The maximum Gasteiger partial charge on any atom is 0.299 e. The highest BCUT2D eigenvalue weighted by Gasteiger charge is 2.20. The molecule has 7 nitrogen and oxygen atoms in total. The number of rotatable bonds is 11. The van der Waals surface area contributed by atoms with E-state index in [0.29, 0.717) is 5.75 Å². The highest BCUT2D eigenvalue weighted by Crippen LogP contribution is 2.29. The van der Waals surface area contributed by atoms with Crippen molar-refractivity contribution in [3.8, 4) is 17.0 Å². The van der Waals surface area contributed by atoms with E-state index in [0.717, 1.165) is 40.8 Å². The smallest absolute Gasteiger partial charge is 0.299 e. The molecule has 1 N–H and O–H groups in total. The fourth-order valence-corrected chi connectivity index (χ4v) is 5.04. The van der Waals surface area contributed by atoms with Crippen LogP contribution in [0.5, 0.6) is 5.75 Å². The summed E-state index contributed by atoms with van der Waals surface area (Å²) >= 11 is 0. The Kier molecular flexibility index (Phi) is 8.43.